The van der Waals surface area contributed by atoms with Crippen molar-refractivity contribution in [1.29, 1.82) is 0 Å². The van der Waals surface area contributed by atoms with E-state index in [2.05, 4.69) is 27.7 Å². The van der Waals surface area contributed by atoms with Crippen LogP contribution in [0.5, 0.6) is 0 Å². The molecule has 2 N–H and O–H groups in total. The van der Waals surface area contributed by atoms with E-state index in [-0.39, 0.29) is 22.7 Å². The molecule has 3 nitrogen and oxygen atoms in total. The number of hydrogen-bond donors (Lipinski definition) is 1. The van der Waals surface area contributed by atoms with E-state index in [1.807, 2.05) is 23.1 Å². The molecule has 1 amide bonds. The van der Waals surface area contributed by atoms with Crippen LogP contribution in [0.15, 0.2) is 23.1 Å². The van der Waals surface area contributed by atoms with Crippen LogP contribution in [0.1, 0.15) is 27.7 Å². The highest BCUT2D eigenvalue weighted by atomic mass is 32.2. The minimum absolute atomic E-state index is 0.0785. The first-order valence-corrected chi connectivity index (χ1v) is 8.09. The number of nitrogen functional groups attached to an aromatic ring is 1. The van der Waals surface area contributed by atoms with Gasteiger partial charge in [-0.25, -0.2) is 0 Å². The number of anilines is 2. The Bertz CT molecular complexity index is 566. The Morgan fingerprint density at radius 2 is 1.95 bits per heavy atom. The zero-order valence-electron chi connectivity index (χ0n) is 12.6. The first-order chi connectivity index (χ1) is 9.26. The highest BCUT2D eigenvalue weighted by Crippen LogP contribution is 2.69. The normalized spacial score (nSPS) is 23.3. The van der Waals surface area contributed by atoms with E-state index >= 15 is 0 Å². The molecule has 1 aromatic carbocycles. The molecule has 4 heteroatoms. The molecule has 3 rings (SSSR count). The number of carbonyl (C=O) groups is 1. The molecular formula is C16H22N2OS. The molecule has 1 aromatic rings. The summed E-state index contributed by atoms with van der Waals surface area (Å²) < 4.78 is 0. The number of amides is 1. The van der Waals surface area contributed by atoms with Crippen molar-refractivity contribution in [2.75, 3.05) is 22.9 Å². The number of fused-ring (bicyclic) bond motifs is 1. The third-order valence-electron chi connectivity index (χ3n) is 5.38. The average Bonchev–Trinajstić information content (AvgIpc) is 2.78. The number of carbonyl (C=O) groups excluding carboxylic acids is 1. The standard InChI is InChI=1S/C16H22N2OS/c1-15(2)13(16(15,3)4)14(19)18-7-8-20-12-6-5-10(17)9-11(12)18/h5-6,9,13H,7-8,17H2,1-4H3. The molecule has 0 aromatic heterocycles. The van der Waals surface area contributed by atoms with Crippen molar-refractivity contribution in [2.24, 2.45) is 16.7 Å². The second-order valence-corrected chi connectivity index (χ2v) is 8.08. The Morgan fingerprint density at radius 1 is 1.30 bits per heavy atom. The predicted molar refractivity (Wildman–Crippen MR) is 85.0 cm³/mol. The lowest BCUT2D eigenvalue weighted by atomic mass is 10.0. The number of benzene rings is 1. The predicted octanol–water partition coefficient (Wildman–Crippen LogP) is 3.39. The molecule has 0 atom stereocenters. The van der Waals surface area contributed by atoms with Gasteiger partial charge in [-0.2, -0.15) is 0 Å². The van der Waals surface area contributed by atoms with Gasteiger partial charge >= 0.3 is 0 Å². The van der Waals surface area contributed by atoms with E-state index < -0.39 is 0 Å². The Hall–Kier alpha value is -1.16. The summed E-state index contributed by atoms with van der Waals surface area (Å²) in [6.07, 6.45) is 0. The summed E-state index contributed by atoms with van der Waals surface area (Å²) in [4.78, 5) is 16.1. The summed E-state index contributed by atoms with van der Waals surface area (Å²) in [7, 11) is 0. The maximum atomic E-state index is 12.9. The van der Waals surface area contributed by atoms with Gasteiger partial charge < -0.3 is 10.6 Å². The fourth-order valence-corrected chi connectivity index (χ4v) is 4.41. The third-order valence-corrected chi connectivity index (χ3v) is 6.42. The number of thioether (sulfide) groups is 1. The summed E-state index contributed by atoms with van der Waals surface area (Å²) in [6.45, 7) is 9.54. The highest BCUT2D eigenvalue weighted by molar-refractivity contribution is 7.99. The van der Waals surface area contributed by atoms with Gasteiger partial charge in [-0.15, -0.1) is 11.8 Å². The van der Waals surface area contributed by atoms with Gasteiger partial charge in [0.15, 0.2) is 0 Å². The second kappa shape index (κ2) is 4.17. The van der Waals surface area contributed by atoms with E-state index in [4.69, 9.17) is 5.73 Å². The average molecular weight is 290 g/mol. The summed E-state index contributed by atoms with van der Waals surface area (Å²) in [5.74, 6) is 1.32. The van der Waals surface area contributed by atoms with Gasteiger partial charge in [0, 0.05) is 28.8 Å². The summed E-state index contributed by atoms with van der Waals surface area (Å²) in [6, 6.07) is 5.87. The van der Waals surface area contributed by atoms with Crippen molar-refractivity contribution in [1.82, 2.24) is 0 Å². The molecule has 1 saturated carbocycles. The molecule has 0 bridgehead atoms. The molecule has 1 aliphatic carbocycles. The lowest BCUT2D eigenvalue weighted by Crippen LogP contribution is -2.38. The van der Waals surface area contributed by atoms with Crippen LogP contribution in [-0.4, -0.2) is 18.2 Å². The van der Waals surface area contributed by atoms with Crippen molar-refractivity contribution in [3.8, 4) is 0 Å². The van der Waals surface area contributed by atoms with Crippen molar-refractivity contribution in [3.63, 3.8) is 0 Å². The first kappa shape index (κ1) is 13.8. The van der Waals surface area contributed by atoms with E-state index in [0.29, 0.717) is 0 Å². The van der Waals surface area contributed by atoms with Gasteiger partial charge in [-0.1, -0.05) is 27.7 Å². The van der Waals surface area contributed by atoms with Crippen molar-refractivity contribution >= 4 is 29.0 Å². The van der Waals surface area contributed by atoms with Gasteiger partial charge in [-0.3, -0.25) is 4.79 Å². The van der Waals surface area contributed by atoms with E-state index in [9.17, 15) is 4.79 Å². The molecule has 20 heavy (non-hydrogen) atoms. The van der Waals surface area contributed by atoms with Crippen LogP contribution in [0.2, 0.25) is 0 Å². The Kier molecular flexibility index (Phi) is 2.88. The van der Waals surface area contributed by atoms with E-state index in [1.54, 1.807) is 11.8 Å². The summed E-state index contributed by atoms with van der Waals surface area (Å²) in [5, 5.41) is 0. The molecule has 0 radical (unpaired) electrons. The molecule has 1 aliphatic heterocycles. The zero-order chi connectivity index (χ0) is 14.7. The summed E-state index contributed by atoms with van der Waals surface area (Å²) in [5.41, 5.74) is 7.76. The van der Waals surface area contributed by atoms with Crippen molar-refractivity contribution in [3.05, 3.63) is 18.2 Å². The highest BCUT2D eigenvalue weighted by Gasteiger charge is 2.69. The molecule has 108 valence electrons. The van der Waals surface area contributed by atoms with Gasteiger partial charge in [-0.05, 0) is 29.0 Å². The number of nitrogens with zero attached hydrogens (tertiary/aromatic N) is 1. The van der Waals surface area contributed by atoms with Crippen molar-refractivity contribution in [2.45, 2.75) is 32.6 Å². The van der Waals surface area contributed by atoms with Crippen LogP contribution in [0.4, 0.5) is 11.4 Å². The molecule has 2 aliphatic rings. The molecular weight excluding hydrogens is 268 g/mol. The summed E-state index contributed by atoms with van der Waals surface area (Å²) >= 11 is 1.80. The maximum Gasteiger partial charge on any atom is 0.231 e. The largest absolute Gasteiger partial charge is 0.399 e. The lowest BCUT2D eigenvalue weighted by Gasteiger charge is -2.30. The second-order valence-electron chi connectivity index (χ2n) is 6.94. The SMILES string of the molecule is CC1(C)C(C(=O)N2CCSc3ccc(N)cc32)C1(C)C. The molecule has 0 saturated heterocycles. The van der Waals surface area contributed by atoms with Crippen LogP contribution in [0.25, 0.3) is 0 Å². The fourth-order valence-electron chi connectivity index (χ4n) is 3.43. The molecule has 0 unspecified atom stereocenters. The van der Waals surface area contributed by atoms with Crippen LogP contribution in [0.3, 0.4) is 0 Å². The van der Waals surface area contributed by atoms with Crippen molar-refractivity contribution < 1.29 is 4.79 Å². The lowest BCUT2D eigenvalue weighted by molar-refractivity contribution is -0.120. The molecule has 1 heterocycles. The van der Waals surface area contributed by atoms with E-state index in [1.165, 1.54) is 0 Å². The van der Waals surface area contributed by atoms with Gasteiger partial charge in [0.2, 0.25) is 5.91 Å². The van der Waals surface area contributed by atoms with E-state index in [0.717, 1.165) is 28.6 Å². The van der Waals surface area contributed by atoms with Crippen LogP contribution in [0, 0.1) is 16.7 Å². The first-order valence-electron chi connectivity index (χ1n) is 7.10. The minimum atomic E-state index is 0.0785. The molecule has 1 fully saturated rings. The van der Waals surface area contributed by atoms with Gasteiger partial charge in [0.1, 0.15) is 0 Å². The number of nitrogens with two attached hydrogens (primary N) is 1. The Labute approximate surface area is 124 Å². The van der Waals surface area contributed by atoms with Gasteiger partial charge in [0.25, 0.3) is 0 Å². The third kappa shape index (κ3) is 1.77. The zero-order valence-corrected chi connectivity index (χ0v) is 13.4. The number of rotatable bonds is 1. The Balaban J connectivity index is 1.94. The monoisotopic (exact) mass is 290 g/mol. The van der Waals surface area contributed by atoms with Gasteiger partial charge in [0.05, 0.1) is 5.69 Å². The van der Waals surface area contributed by atoms with Crippen LogP contribution in [-0.2, 0) is 4.79 Å². The number of hydrogen-bond acceptors (Lipinski definition) is 3. The molecule has 0 spiro atoms. The fraction of sp³-hybridized carbons (Fsp3) is 0.562. The van der Waals surface area contributed by atoms with Crippen LogP contribution >= 0.6 is 11.8 Å². The quantitative estimate of drug-likeness (QED) is 0.806. The maximum absolute atomic E-state index is 12.9. The topological polar surface area (TPSA) is 46.3 Å². The smallest absolute Gasteiger partial charge is 0.231 e. The minimum Gasteiger partial charge on any atom is -0.399 e. The Morgan fingerprint density at radius 3 is 2.55 bits per heavy atom. The van der Waals surface area contributed by atoms with Crippen LogP contribution < -0.4 is 10.6 Å².